The van der Waals surface area contributed by atoms with Crippen molar-refractivity contribution < 1.29 is 31.9 Å². The van der Waals surface area contributed by atoms with Gasteiger partial charge in [0, 0.05) is 49.8 Å². The fourth-order valence-corrected chi connectivity index (χ4v) is 8.41. The van der Waals surface area contributed by atoms with E-state index in [1.54, 1.807) is 54.3 Å². The van der Waals surface area contributed by atoms with Crippen LogP contribution in [0.1, 0.15) is 83.4 Å². The van der Waals surface area contributed by atoms with E-state index in [0.717, 1.165) is 24.5 Å². The van der Waals surface area contributed by atoms with Crippen molar-refractivity contribution >= 4 is 21.7 Å². The van der Waals surface area contributed by atoms with Crippen LogP contribution in [0.5, 0.6) is 0 Å². The first-order chi connectivity index (χ1) is 22.3. The van der Waals surface area contributed by atoms with Crippen molar-refractivity contribution in [3.63, 3.8) is 0 Å². The molecule has 7 nitrogen and oxygen atoms in total. The van der Waals surface area contributed by atoms with Crippen LogP contribution in [0, 0.1) is 37.3 Å². The predicted octanol–water partition coefficient (Wildman–Crippen LogP) is 6.74. The average molecular weight is 669 g/mol. The Morgan fingerprint density at radius 1 is 0.957 bits per heavy atom. The molecule has 0 aliphatic carbocycles. The zero-order valence-electron chi connectivity index (χ0n) is 27.7. The summed E-state index contributed by atoms with van der Waals surface area (Å²) in [7, 11) is -3.83. The van der Waals surface area contributed by atoms with E-state index in [1.165, 1.54) is 16.4 Å². The normalized spacial score (nSPS) is 16.9. The fraction of sp³-hybridized carbons (Fsp3) is 0.459. The Hall–Kier alpha value is -3.47. The van der Waals surface area contributed by atoms with Crippen LogP contribution < -0.4 is 0 Å². The van der Waals surface area contributed by atoms with E-state index in [-0.39, 0.29) is 41.5 Å². The smallest absolute Gasteiger partial charge is 0.253 e. The lowest BCUT2D eigenvalue weighted by Crippen LogP contribution is -2.46. The summed E-state index contributed by atoms with van der Waals surface area (Å²) in [5, 5.41) is 11.8. The third kappa shape index (κ3) is 9.12. The van der Waals surface area contributed by atoms with Gasteiger partial charge < -0.3 is 10.0 Å². The van der Waals surface area contributed by atoms with Gasteiger partial charge in [-0.2, -0.15) is 4.31 Å². The predicted molar refractivity (Wildman–Crippen MR) is 179 cm³/mol. The van der Waals surface area contributed by atoms with E-state index < -0.39 is 39.6 Å². The highest BCUT2D eigenvalue weighted by molar-refractivity contribution is 7.89. The standard InChI is InChI=1S/C37H46F2N2O5S/c1-5-13-40(14-6-2)37(44)31-17-25(3)16-29(21-31)34(42)22-30(18-27-19-32(38)23-33(39)20-27)36(43)28-11-9-15-41(24-28)47(45,46)35-12-8-7-10-26(35)4/h7-8,10,12,16-17,19-21,23,28,30,36,43H,5-6,9,11,13-15,18,22,24H2,1-4H3/t28-,30-,36-/m1/s1. The van der Waals surface area contributed by atoms with Gasteiger partial charge in [0.25, 0.3) is 5.91 Å². The molecule has 0 aromatic heterocycles. The molecule has 0 saturated carbocycles. The number of benzene rings is 3. The molecule has 3 atom stereocenters. The van der Waals surface area contributed by atoms with Crippen LogP contribution in [0.3, 0.4) is 0 Å². The molecule has 47 heavy (non-hydrogen) atoms. The van der Waals surface area contributed by atoms with Gasteiger partial charge >= 0.3 is 0 Å². The van der Waals surface area contributed by atoms with Gasteiger partial charge in [-0.25, -0.2) is 17.2 Å². The van der Waals surface area contributed by atoms with Crippen LogP contribution >= 0.6 is 0 Å². The fourth-order valence-electron chi connectivity index (χ4n) is 6.65. The summed E-state index contributed by atoms with van der Waals surface area (Å²) in [5.74, 6) is -3.29. The van der Waals surface area contributed by atoms with E-state index in [1.807, 2.05) is 20.8 Å². The molecule has 3 aromatic carbocycles. The molecule has 0 bridgehead atoms. The van der Waals surface area contributed by atoms with Crippen LogP contribution in [0.15, 0.2) is 65.6 Å². The molecule has 1 heterocycles. The van der Waals surface area contributed by atoms with Crippen molar-refractivity contribution in [3.8, 4) is 0 Å². The van der Waals surface area contributed by atoms with E-state index in [9.17, 15) is 31.9 Å². The number of carbonyl (C=O) groups excluding carboxylic acids is 2. The van der Waals surface area contributed by atoms with Crippen molar-refractivity contribution in [1.29, 1.82) is 0 Å². The molecule has 3 aromatic rings. The molecular formula is C37H46F2N2O5S. The maximum Gasteiger partial charge on any atom is 0.253 e. The molecule has 254 valence electrons. The molecule has 10 heteroatoms. The Balaban J connectivity index is 1.62. The molecule has 0 radical (unpaired) electrons. The Kier molecular flexibility index (Phi) is 12.4. The summed E-state index contributed by atoms with van der Waals surface area (Å²) in [6.45, 7) is 9.09. The van der Waals surface area contributed by atoms with E-state index >= 15 is 0 Å². The lowest BCUT2D eigenvalue weighted by molar-refractivity contribution is 0.0231. The molecule has 0 spiro atoms. The van der Waals surface area contributed by atoms with Gasteiger partial charge in [0.15, 0.2) is 5.78 Å². The summed E-state index contributed by atoms with van der Waals surface area (Å²) in [6, 6.07) is 14.9. The molecule has 1 N–H and O–H groups in total. The van der Waals surface area contributed by atoms with Crippen molar-refractivity contribution in [2.24, 2.45) is 11.8 Å². The molecule has 1 aliphatic rings. The van der Waals surface area contributed by atoms with Crippen LogP contribution in [0.4, 0.5) is 8.78 Å². The summed E-state index contributed by atoms with van der Waals surface area (Å²) < 4.78 is 57.0. The molecule has 0 unspecified atom stereocenters. The first-order valence-corrected chi connectivity index (χ1v) is 17.9. The molecule has 1 amide bonds. The molecule has 1 saturated heterocycles. The highest BCUT2D eigenvalue weighted by Crippen LogP contribution is 2.32. The van der Waals surface area contributed by atoms with Gasteiger partial charge in [0.2, 0.25) is 10.0 Å². The lowest BCUT2D eigenvalue weighted by Gasteiger charge is -2.37. The summed E-state index contributed by atoms with van der Waals surface area (Å²) in [6.07, 6.45) is 1.33. The minimum Gasteiger partial charge on any atom is -0.392 e. The SMILES string of the molecule is CCCN(CCC)C(=O)c1cc(C)cc(C(=O)C[C@@H](Cc2cc(F)cc(F)c2)[C@H](O)[C@@H]2CCCN(S(=O)(=O)c3ccccc3C)C2)c1. The van der Waals surface area contributed by atoms with Gasteiger partial charge in [0.05, 0.1) is 11.0 Å². The molecule has 4 rings (SSSR count). The monoisotopic (exact) mass is 668 g/mol. The number of aliphatic hydroxyl groups excluding tert-OH is 1. The second-order valence-electron chi connectivity index (χ2n) is 12.8. The van der Waals surface area contributed by atoms with Gasteiger partial charge in [-0.15, -0.1) is 0 Å². The van der Waals surface area contributed by atoms with Gasteiger partial charge in [0.1, 0.15) is 11.6 Å². The van der Waals surface area contributed by atoms with Gasteiger partial charge in [-0.3, -0.25) is 9.59 Å². The molecule has 1 aliphatic heterocycles. The average Bonchev–Trinajstić information content (AvgIpc) is 3.03. The zero-order chi connectivity index (χ0) is 34.3. The van der Waals surface area contributed by atoms with E-state index in [4.69, 9.17) is 0 Å². The minimum atomic E-state index is -3.83. The first-order valence-electron chi connectivity index (χ1n) is 16.5. The number of amides is 1. The highest BCUT2D eigenvalue weighted by atomic mass is 32.2. The second kappa shape index (κ2) is 16.1. The Morgan fingerprint density at radius 3 is 2.23 bits per heavy atom. The first kappa shape index (κ1) is 36.4. The number of rotatable bonds is 14. The number of sulfonamides is 1. The van der Waals surface area contributed by atoms with Crippen LogP contribution in [0.25, 0.3) is 0 Å². The Morgan fingerprint density at radius 2 is 1.60 bits per heavy atom. The molecular weight excluding hydrogens is 622 g/mol. The van der Waals surface area contributed by atoms with Crippen molar-refractivity contribution in [1.82, 2.24) is 9.21 Å². The molecule has 1 fully saturated rings. The Bertz CT molecular complexity index is 1650. The van der Waals surface area contributed by atoms with E-state index in [2.05, 4.69) is 0 Å². The number of Topliss-reactive ketones (excluding diaryl/α,β-unsaturated/α-hetero) is 1. The number of carbonyl (C=O) groups is 2. The van der Waals surface area contributed by atoms with Crippen LogP contribution in [0.2, 0.25) is 0 Å². The number of hydrogen-bond donors (Lipinski definition) is 1. The zero-order valence-corrected chi connectivity index (χ0v) is 28.5. The van der Waals surface area contributed by atoms with E-state index in [0.29, 0.717) is 49.2 Å². The maximum atomic E-state index is 14.2. The third-order valence-corrected chi connectivity index (χ3v) is 10.9. The summed E-state index contributed by atoms with van der Waals surface area (Å²) in [5.41, 5.74) is 2.37. The van der Waals surface area contributed by atoms with Gasteiger partial charge in [-0.1, -0.05) is 32.0 Å². The van der Waals surface area contributed by atoms with Crippen LogP contribution in [-0.4, -0.2) is 66.7 Å². The number of halogens is 2. The van der Waals surface area contributed by atoms with Crippen LogP contribution in [-0.2, 0) is 16.4 Å². The van der Waals surface area contributed by atoms with Crippen molar-refractivity contribution in [2.45, 2.75) is 77.2 Å². The maximum absolute atomic E-state index is 14.2. The third-order valence-electron chi connectivity index (χ3n) is 8.89. The minimum absolute atomic E-state index is 0.00100. The Labute approximate surface area is 277 Å². The summed E-state index contributed by atoms with van der Waals surface area (Å²) >= 11 is 0. The quantitative estimate of drug-likeness (QED) is 0.192. The van der Waals surface area contributed by atoms with Crippen molar-refractivity contribution in [3.05, 3.63) is 100 Å². The number of piperidine rings is 1. The van der Waals surface area contributed by atoms with Crippen molar-refractivity contribution in [2.75, 3.05) is 26.2 Å². The number of hydrogen-bond acceptors (Lipinski definition) is 5. The highest BCUT2D eigenvalue weighted by Gasteiger charge is 2.37. The second-order valence-corrected chi connectivity index (χ2v) is 14.7. The topological polar surface area (TPSA) is 95.0 Å². The number of aliphatic hydroxyl groups is 1. The lowest BCUT2D eigenvalue weighted by atomic mass is 9.79. The van der Waals surface area contributed by atoms with Gasteiger partial charge in [-0.05, 0) is 111 Å². The summed E-state index contributed by atoms with van der Waals surface area (Å²) in [4.78, 5) is 29.2. The number of aryl methyl sites for hydroxylation is 2. The largest absolute Gasteiger partial charge is 0.392 e. The number of ketones is 1. The number of nitrogens with zero attached hydrogens (tertiary/aromatic N) is 2.